The van der Waals surface area contributed by atoms with Gasteiger partial charge in [0.25, 0.3) is 5.69 Å². The standard InChI is InChI=1S/C21H28N2O6/c1-28-18-12-16(17(23(26)27)13-19(18)29-2)20(24)14-6-8-15(9-7-14)21(25)22-10-4-3-5-11-22/h12-15H,3-11H2,1-2H3. The molecule has 1 saturated carbocycles. The summed E-state index contributed by atoms with van der Waals surface area (Å²) in [7, 11) is 2.82. The van der Waals surface area contributed by atoms with Crippen molar-refractivity contribution in [3.8, 4) is 11.5 Å². The number of Topliss-reactive ketones (excluding diaryl/α,β-unsaturated/α-hetero) is 1. The lowest BCUT2D eigenvalue weighted by atomic mass is 9.77. The Bertz CT molecular complexity index is 780. The van der Waals surface area contributed by atoms with Crippen molar-refractivity contribution in [2.45, 2.75) is 44.9 Å². The zero-order valence-corrected chi connectivity index (χ0v) is 17.0. The fraction of sp³-hybridized carbons (Fsp3) is 0.619. The minimum Gasteiger partial charge on any atom is -0.493 e. The van der Waals surface area contributed by atoms with Gasteiger partial charge in [0, 0.05) is 31.0 Å². The summed E-state index contributed by atoms with van der Waals surface area (Å²) in [6, 6.07) is 2.63. The molecule has 0 unspecified atom stereocenters. The molecule has 158 valence electrons. The minimum atomic E-state index is -0.569. The maximum absolute atomic E-state index is 13.1. The molecule has 8 heteroatoms. The second kappa shape index (κ2) is 9.24. The third kappa shape index (κ3) is 4.52. The number of carbonyl (C=O) groups excluding carboxylic acids is 2. The first-order valence-electron chi connectivity index (χ1n) is 10.2. The average molecular weight is 404 g/mol. The topological polar surface area (TPSA) is 99.0 Å². The van der Waals surface area contributed by atoms with Crippen LogP contribution in [-0.2, 0) is 4.79 Å². The number of nitrogens with zero attached hydrogens (tertiary/aromatic N) is 2. The van der Waals surface area contributed by atoms with Gasteiger partial charge in [-0.15, -0.1) is 0 Å². The van der Waals surface area contributed by atoms with Crippen LogP contribution in [0.15, 0.2) is 12.1 Å². The normalized spacial score (nSPS) is 22.1. The lowest BCUT2D eigenvalue weighted by Gasteiger charge is -2.33. The van der Waals surface area contributed by atoms with E-state index >= 15 is 0 Å². The summed E-state index contributed by atoms with van der Waals surface area (Å²) in [5.74, 6) is 0.0750. The van der Waals surface area contributed by atoms with Crippen molar-refractivity contribution in [3.05, 3.63) is 27.8 Å². The van der Waals surface area contributed by atoms with Crippen LogP contribution in [-0.4, -0.2) is 48.8 Å². The Labute approximate surface area is 170 Å². The zero-order valence-electron chi connectivity index (χ0n) is 17.0. The summed E-state index contributed by atoms with van der Waals surface area (Å²) < 4.78 is 10.3. The highest BCUT2D eigenvalue weighted by Crippen LogP contribution is 2.38. The quantitative estimate of drug-likeness (QED) is 0.408. The van der Waals surface area contributed by atoms with E-state index in [0.29, 0.717) is 25.7 Å². The third-order valence-corrected chi connectivity index (χ3v) is 6.08. The number of benzene rings is 1. The van der Waals surface area contributed by atoms with Crippen molar-refractivity contribution in [3.63, 3.8) is 0 Å². The lowest BCUT2D eigenvalue weighted by molar-refractivity contribution is -0.385. The number of piperidine rings is 1. The molecule has 0 bridgehead atoms. The number of rotatable bonds is 6. The second-order valence-corrected chi connectivity index (χ2v) is 7.78. The molecule has 1 heterocycles. The number of likely N-dealkylation sites (tertiary alicyclic amines) is 1. The molecule has 3 rings (SSSR count). The molecular formula is C21H28N2O6. The van der Waals surface area contributed by atoms with Crippen LogP contribution in [0.4, 0.5) is 5.69 Å². The van der Waals surface area contributed by atoms with E-state index < -0.39 is 4.92 Å². The molecule has 0 N–H and O–H groups in total. The van der Waals surface area contributed by atoms with E-state index in [1.54, 1.807) is 0 Å². The molecule has 1 saturated heterocycles. The van der Waals surface area contributed by atoms with Gasteiger partial charge < -0.3 is 14.4 Å². The summed E-state index contributed by atoms with van der Waals surface area (Å²) in [6.07, 6.45) is 5.71. The molecule has 29 heavy (non-hydrogen) atoms. The Balaban J connectivity index is 1.72. The van der Waals surface area contributed by atoms with E-state index in [1.807, 2.05) is 4.90 Å². The number of carbonyl (C=O) groups is 2. The first-order chi connectivity index (χ1) is 14.0. The number of methoxy groups -OCH3 is 2. The number of amides is 1. The molecule has 8 nitrogen and oxygen atoms in total. The van der Waals surface area contributed by atoms with Gasteiger partial charge in [0.15, 0.2) is 17.3 Å². The molecule has 0 atom stereocenters. The van der Waals surface area contributed by atoms with Crippen molar-refractivity contribution in [2.75, 3.05) is 27.3 Å². The highest BCUT2D eigenvalue weighted by atomic mass is 16.6. The Hall–Kier alpha value is -2.64. The third-order valence-electron chi connectivity index (χ3n) is 6.08. The number of nitro benzene ring substituents is 1. The van der Waals surface area contributed by atoms with Crippen molar-refractivity contribution < 1.29 is 24.0 Å². The van der Waals surface area contributed by atoms with Gasteiger partial charge in [-0.25, -0.2) is 0 Å². The van der Waals surface area contributed by atoms with Crippen molar-refractivity contribution in [2.24, 2.45) is 11.8 Å². The number of ketones is 1. The van der Waals surface area contributed by atoms with Gasteiger partial charge in [-0.2, -0.15) is 0 Å². The van der Waals surface area contributed by atoms with Crippen LogP contribution in [0.2, 0.25) is 0 Å². The largest absolute Gasteiger partial charge is 0.493 e. The molecule has 2 aliphatic rings. The first-order valence-corrected chi connectivity index (χ1v) is 10.2. The molecule has 0 aromatic heterocycles. The molecule has 1 aliphatic carbocycles. The van der Waals surface area contributed by atoms with Crippen LogP contribution in [0.1, 0.15) is 55.3 Å². The first kappa shape index (κ1) is 21.1. The Kier molecular flexibility index (Phi) is 6.71. The molecule has 1 aromatic rings. The van der Waals surface area contributed by atoms with Crippen LogP contribution in [0.25, 0.3) is 0 Å². The summed E-state index contributed by atoms with van der Waals surface area (Å²) in [6.45, 7) is 1.66. The smallest absolute Gasteiger partial charge is 0.284 e. The summed E-state index contributed by atoms with van der Waals surface area (Å²) >= 11 is 0. The van der Waals surface area contributed by atoms with Gasteiger partial charge in [0.05, 0.1) is 30.8 Å². The van der Waals surface area contributed by atoms with E-state index in [2.05, 4.69) is 0 Å². The monoisotopic (exact) mass is 404 g/mol. The molecular weight excluding hydrogens is 376 g/mol. The van der Waals surface area contributed by atoms with Crippen LogP contribution in [0.5, 0.6) is 11.5 Å². The maximum atomic E-state index is 13.1. The van der Waals surface area contributed by atoms with Crippen LogP contribution in [0.3, 0.4) is 0 Å². The van der Waals surface area contributed by atoms with E-state index in [-0.39, 0.29) is 46.3 Å². The second-order valence-electron chi connectivity index (χ2n) is 7.78. The molecule has 0 radical (unpaired) electrons. The van der Waals surface area contributed by atoms with Crippen molar-refractivity contribution in [1.82, 2.24) is 4.90 Å². The SMILES string of the molecule is COc1cc(C(=O)C2CCC(C(=O)N3CCCCC3)CC2)c([N+](=O)[O-])cc1OC. The molecule has 0 spiro atoms. The lowest BCUT2D eigenvalue weighted by Crippen LogP contribution is -2.41. The van der Waals surface area contributed by atoms with Gasteiger partial charge >= 0.3 is 0 Å². The van der Waals surface area contributed by atoms with Gasteiger partial charge in [-0.05, 0) is 44.9 Å². The van der Waals surface area contributed by atoms with Crippen LogP contribution < -0.4 is 9.47 Å². The molecule has 1 amide bonds. The molecule has 2 fully saturated rings. The molecule has 1 aromatic carbocycles. The Morgan fingerprint density at radius 3 is 2.07 bits per heavy atom. The van der Waals surface area contributed by atoms with Crippen LogP contribution >= 0.6 is 0 Å². The van der Waals surface area contributed by atoms with Gasteiger partial charge in [0.1, 0.15) is 0 Å². The predicted octanol–water partition coefficient (Wildman–Crippen LogP) is 3.61. The fourth-order valence-electron chi connectivity index (χ4n) is 4.41. The van der Waals surface area contributed by atoms with Crippen LogP contribution in [0, 0.1) is 22.0 Å². The van der Waals surface area contributed by atoms with E-state index in [4.69, 9.17) is 9.47 Å². The van der Waals surface area contributed by atoms with Gasteiger partial charge in [-0.1, -0.05) is 0 Å². The van der Waals surface area contributed by atoms with E-state index in [9.17, 15) is 19.7 Å². The summed E-state index contributed by atoms with van der Waals surface area (Å²) in [5, 5.41) is 11.5. The zero-order chi connectivity index (χ0) is 21.0. The Morgan fingerprint density at radius 2 is 1.52 bits per heavy atom. The highest BCUT2D eigenvalue weighted by Gasteiger charge is 2.35. The van der Waals surface area contributed by atoms with Gasteiger partial charge in [0.2, 0.25) is 5.91 Å². The molecule has 1 aliphatic heterocycles. The van der Waals surface area contributed by atoms with Crippen molar-refractivity contribution >= 4 is 17.4 Å². The summed E-state index contributed by atoms with van der Waals surface area (Å²) in [4.78, 5) is 38.7. The number of ether oxygens (including phenoxy) is 2. The predicted molar refractivity (Wildman–Crippen MR) is 106 cm³/mol. The van der Waals surface area contributed by atoms with Gasteiger partial charge in [-0.3, -0.25) is 19.7 Å². The summed E-state index contributed by atoms with van der Waals surface area (Å²) in [5.41, 5.74) is -0.238. The highest BCUT2D eigenvalue weighted by molar-refractivity contribution is 6.02. The number of hydrogen-bond donors (Lipinski definition) is 0. The van der Waals surface area contributed by atoms with E-state index in [1.165, 1.54) is 32.8 Å². The fourth-order valence-corrected chi connectivity index (χ4v) is 4.41. The van der Waals surface area contributed by atoms with Crippen molar-refractivity contribution in [1.29, 1.82) is 0 Å². The minimum absolute atomic E-state index is 0.0402. The van der Waals surface area contributed by atoms with E-state index in [0.717, 1.165) is 25.9 Å². The Morgan fingerprint density at radius 1 is 0.966 bits per heavy atom. The average Bonchev–Trinajstić information content (AvgIpc) is 2.77. The number of hydrogen-bond acceptors (Lipinski definition) is 6. The number of nitro groups is 1. The maximum Gasteiger partial charge on any atom is 0.284 e.